The fourth-order valence-electron chi connectivity index (χ4n) is 0. The number of rotatable bonds is 1. The minimum atomic E-state index is -0.881. The van der Waals surface area contributed by atoms with Crippen LogP contribution in [-0.2, 0) is 4.79 Å². The number of aliphatic carboxylic acids is 1. The van der Waals surface area contributed by atoms with E-state index < -0.39 is 5.97 Å². The van der Waals surface area contributed by atoms with E-state index in [4.69, 9.17) is 5.11 Å². The average molecular weight is 214 g/mol. The fourth-order valence-corrected chi connectivity index (χ4v) is 0. The molecule has 1 N–H and O–H groups in total. The molecule has 2 nitrogen and oxygen atoms in total. The van der Waals surface area contributed by atoms with E-state index in [0.717, 1.165) is 0 Å². The van der Waals surface area contributed by atoms with Gasteiger partial charge in [0, 0.05) is 0 Å². The Kier molecular flexibility index (Phi) is 9.22. The molecule has 0 atom stereocenters. The van der Waals surface area contributed by atoms with Gasteiger partial charge >= 0.3 is 30.4 Å². The standard InChI is InChI=1S/C2H4O2S.Sb/c3-2(4)1-5;/h5H,1H2,(H,3,4);/q;+3. The van der Waals surface area contributed by atoms with E-state index in [1.165, 1.54) is 0 Å². The van der Waals surface area contributed by atoms with Gasteiger partial charge in [0.2, 0.25) is 0 Å². The van der Waals surface area contributed by atoms with Crippen molar-refractivity contribution in [1.82, 2.24) is 0 Å². The van der Waals surface area contributed by atoms with Crippen LogP contribution in [0.1, 0.15) is 0 Å². The summed E-state index contributed by atoms with van der Waals surface area (Å²) < 4.78 is 0. The van der Waals surface area contributed by atoms with Crippen LogP contribution < -0.4 is 0 Å². The average Bonchev–Trinajstić information content (AvgIpc) is 1.38. The maximum Gasteiger partial charge on any atom is 3.00 e. The van der Waals surface area contributed by atoms with E-state index in [2.05, 4.69) is 12.6 Å². The predicted octanol–water partition coefficient (Wildman–Crippen LogP) is -0.380. The molecular weight excluding hydrogens is 210 g/mol. The topological polar surface area (TPSA) is 37.3 Å². The Morgan fingerprint density at radius 3 is 2.00 bits per heavy atom. The van der Waals surface area contributed by atoms with Gasteiger partial charge in [0.1, 0.15) is 0 Å². The Morgan fingerprint density at radius 2 is 2.00 bits per heavy atom. The van der Waals surface area contributed by atoms with Crippen LogP contribution in [0.15, 0.2) is 0 Å². The molecule has 4 heteroatoms. The second-order valence-corrected chi connectivity index (χ2v) is 0.868. The largest absolute Gasteiger partial charge is 3.00 e. The molecule has 0 spiro atoms. The summed E-state index contributed by atoms with van der Waals surface area (Å²) in [6, 6.07) is 0. The van der Waals surface area contributed by atoms with E-state index in [-0.39, 0.29) is 30.2 Å². The van der Waals surface area contributed by atoms with E-state index >= 15 is 0 Å². The van der Waals surface area contributed by atoms with E-state index in [0.29, 0.717) is 0 Å². The first-order chi connectivity index (χ1) is 2.27. The van der Waals surface area contributed by atoms with Gasteiger partial charge in [-0.2, -0.15) is 12.6 Å². The Morgan fingerprint density at radius 1 is 1.83 bits per heavy atom. The molecule has 0 aromatic rings. The second-order valence-electron chi connectivity index (χ2n) is 0.552. The summed E-state index contributed by atoms with van der Waals surface area (Å²) in [7, 11) is 0. The van der Waals surface area contributed by atoms with Crippen LogP contribution in [0.25, 0.3) is 0 Å². The summed E-state index contributed by atoms with van der Waals surface area (Å²) in [4.78, 5) is 9.29. The third kappa shape index (κ3) is 8.82. The van der Waals surface area contributed by atoms with Crippen molar-refractivity contribution in [3.8, 4) is 0 Å². The molecule has 6 heavy (non-hydrogen) atoms. The zero-order valence-corrected chi connectivity index (χ0v) is 6.40. The molecule has 0 amide bonds. The Bertz CT molecular complexity index is 46.8. The molecule has 32 valence electrons. The first kappa shape index (κ1) is 9.81. The summed E-state index contributed by atoms with van der Waals surface area (Å²) in [6.45, 7) is 0. The van der Waals surface area contributed by atoms with Crippen LogP contribution in [-0.4, -0.2) is 41.3 Å². The van der Waals surface area contributed by atoms with Crippen molar-refractivity contribution in [3.63, 3.8) is 0 Å². The van der Waals surface area contributed by atoms with Crippen LogP contribution in [0.2, 0.25) is 0 Å². The fraction of sp³-hybridized carbons (Fsp3) is 0.500. The molecule has 2 radical (unpaired) electrons. The van der Waals surface area contributed by atoms with Crippen molar-refractivity contribution in [2.75, 3.05) is 5.75 Å². The van der Waals surface area contributed by atoms with Crippen LogP contribution in [0.3, 0.4) is 0 Å². The quantitative estimate of drug-likeness (QED) is 0.461. The molecule has 0 aliphatic heterocycles. The monoisotopic (exact) mass is 213 g/mol. The Labute approximate surface area is 58.8 Å². The number of carbonyl (C=O) groups is 1. The summed E-state index contributed by atoms with van der Waals surface area (Å²) in [5, 5.41) is 7.65. The summed E-state index contributed by atoms with van der Waals surface area (Å²) in [5.74, 6) is -0.965. The number of carboxylic acids is 1. The van der Waals surface area contributed by atoms with Gasteiger partial charge in [0.05, 0.1) is 5.75 Å². The molecule has 0 saturated carbocycles. The van der Waals surface area contributed by atoms with E-state index in [1.807, 2.05) is 0 Å². The van der Waals surface area contributed by atoms with Gasteiger partial charge in [0.25, 0.3) is 0 Å². The van der Waals surface area contributed by atoms with Gasteiger partial charge < -0.3 is 5.11 Å². The maximum atomic E-state index is 9.29. The van der Waals surface area contributed by atoms with Crippen LogP contribution in [0.5, 0.6) is 0 Å². The smallest absolute Gasteiger partial charge is 0.481 e. The van der Waals surface area contributed by atoms with Gasteiger partial charge in [0.15, 0.2) is 0 Å². The predicted molar refractivity (Wildman–Crippen MR) is 27.2 cm³/mol. The summed E-state index contributed by atoms with van der Waals surface area (Å²) in [5.41, 5.74) is 0. The third-order valence-electron chi connectivity index (χ3n) is 0.135. The van der Waals surface area contributed by atoms with Gasteiger partial charge in [-0.05, 0) is 0 Å². The minimum Gasteiger partial charge on any atom is -0.481 e. The second kappa shape index (κ2) is 5.64. The molecule has 0 heterocycles. The van der Waals surface area contributed by atoms with Crippen LogP contribution in [0, 0.1) is 0 Å². The van der Waals surface area contributed by atoms with E-state index in [9.17, 15) is 4.79 Å². The van der Waals surface area contributed by atoms with Crippen molar-refractivity contribution in [2.24, 2.45) is 0 Å². The van der Waals surface area contributed by atoms with Crippen molar-refractivity contribution in [1.29, 1.82) is 0 Å². The molecular formula is C2H4O2SSb+3. The van der Waals surface area contributed by atoms with Crippen molar-refractivity contribution in [2.45, 2.75) is 0 Å². The van der Waals surface area contributed by atoms with Crippen molar-refractivity contribution < 1.29 is 9.90 Å². The van der Waals surface area contributed by atoms with Gasteiger partial charge in [-0.3, -0.25) is 4.79 Å². The zero-order valence-electron chi connectivity index (χ0n) is 2.96. The SMILES string of the molecule is O=C(O)CS.[Sb+3]. The molecule has 0 aliphatic rings. The molecule has 0 aromatic carbocycles. The molecule has 0 bridgehead atoms. The Balaban J connectivity index is 0. The number of hydrogen-bond acceptors (Lipinski definition) is 2. The van der Waals surface area contributed by atoms with Gasteiger partial charge in [-0.25, -0.2) is 0 Å². The van der Waals surface area contributed by atoms with Crippen LogP contribution >= 0.6 is 12.6 Å². The van der Waals surface area contributed by atoms with Crippen LogP contribution in [0.4, 0.5) is 0 Å². The normalized spacial score (nSPS) is 6.17. The minimum absolute atomic E-state index is 0. The van der Waals surface area contributed by atoms with Gasteiger partial charge in [-0.1, -0.05) is 0 Å². The summed E-state index contributed by atoms with van der Waals surface area (Å²) >= 11 is 3.42. The zero-order chi connectivity index (χ0) is 4.28. The molecule has 0 saturated heterocycles. The maximum absolute atomic E-state index is 9.29. The van der Waals surface area contributed by atoms with E-state index in [1.54, 1.807) is 0 Å². The number of hydrogen-bond donors (Lipinski definition) is 2. The molecule has 0 rings (SSSR count). The first-order valence-corrected chi connectivity index (χ1v) is 1.73. The van der Waals surface area contributed by atoms with Crippen molar-refractivity contribution in [3.05, 3.63) is 0 Å². The first-order valence-electron chi connectivity index (χ1n) is 1.10. The molecule has 0 aliphatic carbocycles. The molecule has 0 aromatic heterocycles. The number of thiol groups is 1. The summed E-state index contributed by atoms with van der Waals surface area (Å²) in [6.07, 6.45) is 0. The number of carboxylic acid groups (broad SMARTS) is 1. The van der Waals surface area contributed by atoms with Gasteiger partial charge in [-0.15, -0.1) is 0 Å². The van der Waals surface area contributed by atoms with Crippen molar-refractivity contribution >= 4 is 43.0 Å². The molecule has 0 unspecified atom stereocenters. The Hall–Kier alpha value is 0.638. The molecule has 0 fully saturated rings. The third-order valence-corrected chi connectivity index (χ3v) is 0.406.